The van der Waals surface area contributed by atoms with E-state index in [9.17, 15) is 9.59 Å². The molecule has 4 aromatic carbocycles. The minimum atomic E-state index is -0.705. The molecule has 0 amide bonds. The van der Waals surface area contributed by atoms with Gasteiger partial charge in [-0.05, 0) is 82.6 Å². The number of halogens is 2. The van der Waals surface area contributed by atoms with Crippen LogP contribution in [0.2, 0.25) is 5.02 Å². The molecular formula is C35H28ClIN2O5S. The lowest BCUT2D eigenvalue weighted by atomic mass is 9.91. The van der Waals surface area contributed by atoms with E-state index < -0.39 is 12.0 Å². The number of thiazole rings is 1. The molecular weight excluding hydrogens is 723 g/mol. The van der Waals surface area contributed by atoms with E-state index in [2.05, 4.69) is 22.6 Å². The van der Waals surface area contributed by atoms with Gasteiger partial charge in [0.05, 0.1) is 39.1 Å². The summed E-state index contributed by atoms with van der Waals surface area (Å²) in [4.78, 5) is 32.8. The second-order valence-corrected chi connectivity index (χ2v) is 12.9. The van der Waals surface area contributed by atoms with Gasteiger partial charge in [-0.1, -0.05) is 83.6 Å². The number of aromatic nitrogens is 1. The van der Waals surface area contributed by atoms with Crippen molar-refractivity contribution in [3.05, 3.63) is 135 Å². The Morgan fingerprint density at radius 1 is 1.09 bits per heavy atom. The van der Waals surface area contributed by atoms with Crippen molar-refractivity contribution >= 4 is 68.3 Å². The number of esters is 1. The first-order valence-electron chi connectivity index (χ1n) is 14.2. The number of fused-ring (bicyclic) bond motifs is 2. The summed E-state index contributed by atoms with van der Waals surface area (Å²) in [6, 6.07) is 24.4. The largest absolute Gasteiger partial charge is 0.493 e. The van der Waals surface area contributed by atoms with Crippen LogP contribution >= 0.6 is 45.5 Å². The van der Waals surface area contributed by atoms with Crippen LogP contribution in [0.5, 0.6) is 11.5 Å². The van der Waals surface area contributed by atoms with Crippen LogP contribution in [0.3, 0.4) is 0 Å². The summed E-state index contributed by atoms with van der Waals surface area (Å²) in [6.45, 7) is 4.04. The summed E-state index contributed by atoms with van der Waals surface area (Å²) in [7, 11) is 1.58. The van der Waals surface area contributed by atoms with Gasteiger partial charge < -0.3 is 14.2 Å². The topological polar surface area (TPSA) is 79.1 Å². The molecule has 5 aromatic rings. The summed E-state index contributed by atoms with van der Waals surface area (Å²) in [5, 5.41) is 2.58. The van der Waals surface area contributed by atoms with E-state index in [-0.39, 0.29) is 18.8 Å². The molecule has 1 atom stereocenters. The predicted molar refractivity (Wildman–Crippen MR) is 186 cm³/mol. The molecule has 0 saturated carbocycles. The fourth-order valence-corrected chi connectivity index (χ4v) is 7.47. The lowest BCUT2D eigenvalue weighted by Crippen LogP contribution is -2.40. The minimum Gasteiger partial charge on any atom is -0.493 e. The first-order chi connectivity index (χ1) is 21.8. The first kappa shape index (κ1) is 31.1. The molecule has 1 aliphatic rings. The lowest BCUT2D eigenvalue weighted by molar-refractivity contribution is -0.139. The van der Waals surface area contributed by atoms with Crippen LogP contribution in [0.25, 0.3) is 16.8 Å². The predicted octanol–water partition coefficient (Wildman–Crippen LogP) is 6.80. The zero-order valence-corrected chi connectivity index (χ0v) is 28.4. The average molecular weight is 751 g/mol. The number of carbonyl (C=O) groups excluding carboxylic acids is 1. The van der Waals surface area contributed by atoms with Crippen molar-refractivity contribution in [1.82, 2.24) is 4.57 Å². The monoisotopic (exact) mass is 750 g/mol. The fraction of sp³-hybridized carbons (Fsp3) is 0.171. The number of allylic oxidation sites excluding steroid dienone is 1. The summed E-state index contributed by atoms with van der Waals surface area (Å²) in [5.74, 6) is 0.627. The van der Waals surface area contributed by atoms with Crippen LogP contribution in [0.15, 0.2) is 99.9 Å². The Morgan fingerprint density at radius 2 is 1.84 bits per heavy atom. The zero-order chi connectivity index (χ0) is 31.7. The fourth-order valence-electron chi connectivity index (χ4n) is 5.45. The van der Waals surface area contributed by atoms with Gasteiger partial charge in [-0.15, -0.1) is 0 Å². The third-order valence-corrected chi connectivity index (χ3v) is 9.67. The number of rotatable bonds is 8. The highest BCUT2D eigenvalue weighted by Crippen LogP contribution is 2.36. The van der Waals surface area contributed by atoms with E-state index in [0.29, 0.717) is 37.1 Å². The van der Waals surface area contributed by atoms with Crippen molar-refractivity contribution in [3.63, 3.8) is 0 Å². The molecule has 2 heterocycles. The van der Waals surface area contributed by atoms with Crippen LogP contribution in [-0.4, -0.2) is 24.3 Å². The molecule has 1 aromatic heterocycles. The van der Waals surface area contributed by atoms with Crippen molar-refractivity contribution in [2.24, 2.45) is 4.99 Å². The maximum atomic E-state index is 14.2. The van der Waals surface area contributed by atoms with Crippen molar-refractivity contribution < 1.29 is 19.0 Å². The van der Waals surface area contributed by atoms with E-state index in [0.717, 1.165) is 31.0 Å². The van der Waals surface area contributed by atoms with E-state index in [4.69, 9.17) is 30.8 Å². The molecule has 1 aliphatic heterocycles. The van der Waals surface area contributed by atoms with E-state index in [1.165, 1.54) is 11.3 Å². The van der Waals surface area contributed by atoms with Gasteiger partial charge in [0.15, 0.2) is 16.3 Å². The summed E-state index contributed by atoms with van der Waals surface area (Å²) < 4.78 is 20.2. The second kappa shape index (κ2) is 13.2. The van der Waals surface area contributed by atoms with Gasteiger partial charge in [0.25, 0.3) is 5.56 Å². The number of hydrogen-bond donors (Lipinski definition) is 0. The molecule has 0 radical (unpaired) electrons. The Balaban J connectivity index is 1.46. The quantitative estimate of drug-likeness (QED) is 0.129. The van der Waals surface area contributed by atoms with E-state index >= 15 is 0 Å². The Hall–Kier alpha value is -3.93. The van der Waals surface area contributed by atoms with Crippen LogP contribution < -0.4 is 24.4 Å². The number of ether oxygens (including phenoxy) is 3. The standard InChI is InChI=1S/C35H28ClIN2O5S/c1-4-43-34(41)30-20(2)38-35-39(31(30)25-14-9-12-22-10-5-7-13-24(22)25)33(40)29(45-35)18-21-16-27(37)32(28(17-21)42-3)44-19-23-11-6-8-15-26(23)36/h5-18,31H,4,19H2,1-3H3/b29-18+/t31-/m0/s1. The molecule has 6 rings (SSSR count). The van der Waals surface area contributed by atoms with E-state index in [1.54, 1.807) is 25.5 Å². The smallest absolute Gasteiger partial charge is 0.338 e. The normalized spacial score (nSPS) is 14.7. The van der Waals surface area contributed by atoms with Crippen LogP contribution in [0.1, 0.15) is 36.6 Å². The second-order valence-electron chi connectivity index (χ2n) is 10.3. The third-order valence-electron chi connectivity index (χ3n) is 7.51. The van der Waals surface area contributed by atoms with Crippen molar-refractivity contribution in [2.75, 3.05) is 13.7 Å². The lowest BCUT2D eigenvalue weighted by Gasteiger charge is -2.25. The number of hydrogen-bond acceptors (Lipinski definition) is 7. The number of nitrogens with zero attached hydrogens (tertiary/aromatic N) is 2. The van der Waals surface area contributed by atoms with Crippen molar-refractivity contribution in [2.45, 2.75) is 26.5 Å². The van der Waals surface area contributed by atoms with Crippen LogP contribution in [0.4, 0.5) is 0 Å². The van der Waals surface area contributed by atoms with Gasteiger partial charge in [-0.2, -0.15) is 0 Å². The maximum Gasteiger partial charge on any atom is 0.338 e. The molecule has 0 N–H and O–H groups in total. The molecule has 7 nitrogen and oxygen atoms in total. The highest BCUT2D eigenvalue weighted by Gasteiger charge is 2.34. The summed E-state index contributed by atoms with van der Waals surface area (Å²) in [5.41, 5.74) is 3.07. The molecule has 0 unspecified atom stereocenters. The van der Waals surface area contributed by atoms with E-state index in [1.807, 2.05) is 84.9 Å². The number of carbonyl (C=O) groups is 1. The highest BCUT2D eigenvalue weighted by molar-refractivity contribution is 14.1. The molecule has 10 heteroatoms. The van der Waals surface area contributed by atoms with Gasteiger partial charge in [-0.25, -0.2) is 9.79 Å². The Labute approximate surface area is 282 Å². The number of benzene rings is 4. The van der Waals surface area contributed by atoms with Crippen molar-refractivity contribution in [1.29, 1.82) is 0 Å². The third kappa shape index (κ3) is 6.04. The van der Waals surface area contributed by atoms with Gasteiger partial charge in [0.1, 0.15) is 6.61 Å². The summed E-state index contributed by atoms with van der Waals surface area (Å²) in [6.07, 6.45) is 1.82. The molecule has 0 aliphatic carbocycles. The molecule has 0 bridgehead atoms. The van der Waals surface area contributed by atoms with Gasteiger partial charge in [0, 0.05) is 10.6 Å². The van der Waals surface area contributed by atoms with Crippen LogP contribution in [0, 0.1) is 3.57 Å². The zero-order valence-electron chi connectivity index (χ0n) is 24.7. The van der Waals surface area contributed by atoms with Gasteiger partial charge in [-0.3, -0.25) is 9.36 Å². The SMILES string of the molecule is CCOC(=O)C1=C(C)N=c2s/c(=C/c3cc(I)c(OCc4ccccc4Cl)c(OC)c3)c(=O)n2[C@H]1c1cccc2ccccc12. The minimum absolute atomic E-state index is 0.209. The molecule has 0 saturated heterocycles. The average Bonchev–Trinajstić information content (AvgIpc) is 3.33. The number of methoxy groups -OCH3 is 1. The molecule has 45 heavy (non-hydrogen) atoms. The van der Waals surface area contributed by atoms with Crippen molar-refractivity contribution in [3.8, 4) is 11.5 Å². The van der Waals surface area contributed by atoms with Gasteiger partial charge >= 0.3 is 5.97 Å². The Morgan fingerprint density at radius 3 is 2.62 bits per heavy atom. The molecule has 228 valence electrons. The summed E-state index contributed by atoms with van der Waals surface area (Å²) >= 11 is 9.80. The van der Waals surface area contributed by atoms with Gasteiger partial charge in [0.2, 0.25) is 0 Å². The Kier molecular flexibility index (Phi) is 9.11. The first-order valence-corrected chi connectivity index (χ1v) is 16.5. The molecule has 0 spiro atoms. The highest BCUT2D eigenvalue weighted by atomic mass is 127. The maximum absolute atomic E-state index is 14.2. The molecule has 0 fully saturated rings. The Bertz CT molecular complexity index is 2170. The van der Waals surface area contributed by atoms with Crippen LogP contribution in [-0.2, 0) is 16.1 Å².